The summed E-state index contributed by atoms with van der Waals surface area (Å²) in [7, 11) is 0. The number of likely N-dealkylation sites (tertiary alicyclic amines) is 1. The van der Waals surface area contributed by atoms with Gasteiger partial charge in [0.1, 0.15) is 5.75 Å². The number of ether oxygens (including phenoxy) is 1. The molecule has 158 valence electrons. The van der Waals surface area contributed by atoms with E-state index in [4.69, 9.17) is 4.74 Å². The van der Waals surface area contributed by atoms with Crippen molar-refractivity contribution in [3.05, 3.63) is 60.2 Å². The van der Waals surface area contributed by atoms with Crippen molar-refractivity contribution in [3.63, 3.8) is 0 Å². The van der Waals surface area contributed by atoms with Crippen LogP contribution in [0.4, 0.5) is 10.5 Å². The lowest BCUT2D eigenvalue weighted by Crippen LogP contribution is -2.55. The fourth-order valence-electron chi connectivity index (χ4n) is 4.10. The number of hydrogen-bond acceptors (Lipinski definition) is 4. The van der Waals surface area contributed by atoms with E-state index in [9.17, 15) is 9.59 Å². The fraction of sp³-hybridized carbons (Fsp3) is 0.391. The Morgan fingerprint density at radius 3 is 2.57 bits per heavy atom. The SMILES string of the molecule is Cc1cccc(NC(=O)N2CCC3(CC2)SCCN3C(=O)COc2ccccc2)c1. The quantitative estimate of drug-likeness (QED) is 0.805. The monoisotopic (exact) mass is 425 g/mol. The molecule has 2 saturated heterocycles. The van der Waals surface area contributed by atoms with Gasteiger partial charge in [-0.05, 0) is 49.6 Å². The second kappa shape index (κ2) is 9.00. The van der Waals surface area contributed by atoms with Crippen LogP contribution in [-0.2, 0) is 4.79 Å². The first-order valence-electron chi connectivity index (χ1n) is 10.3. The molecule has 2 aromatic carbocycles. The number of hydrogen-bond donors (Lipinski definition) is 1. The highest BCUT2D eigenvalue weighted by molar-refractivity contribution is 8.00. The molecule has 1 N–H and O–H groups in total. The number of aryl methyl sites for hydroxylation is 1. The summed E-state index contributed by atoms with van der Waals surface area (Å²) in [5.41, 5.74) is 1.92. The van der Waals surface area contributed by atoms with E-state index in [0.717, 1.165) is 36.4 Å². The summed E-state index contributed by atoms with van der Waals surface area (Å²) < 4.78 is 5.67. The summed E-state index contributed by atoms with van der Waals surface area (Å²) >= 11 is 1.83. The van der Waals surface area contributed by atoms with Gasteiger partial charge < -0.3 is 19.9 Å². The number of amides is 3. The van der Waals surface area contributed by atoms with Gasteiger partial charge in [0.25, 0.3) is 5.91 Å². The maximum absolute atomic E-state index is 12.9. The van der Waals surface area contributed by atoms with Gasteiger partial charge in [-0.15, -0.1) is 11.8 Å². The van der Waals surface area contributed by atoms with E-state index in [1.165, 1.54) is 0 Å². The van der Waals surface area contributed by atoms with Crippen LogP contribution in [0.5, 0.6) is 5.75 Å². The molecule has 6 nitrogen and oxygen atoms in total. The lowest BCUT2D eigenvalue weighted by atomic mass is 10.0. The number of nitrogens with zero attached hydrogens (tertiary/aromatic N) is 2. The Labute approximate surface area is 181 Å². The molecule has 2 aliphatic heterocycles. The van der Waals surface area contributed by atoms with Crippen molar-refractivity contribution < 1.29 is 14.3 Å². The molecule has 4 rings (SSSR count). The van der Waals surface area contributed by atoms with Gasteiger partial charge in [-0.3, -0.25) is 4.79 Å². The fourth-order valence-corrected chi connectivity index (χ4v) is 5.57. The number of rotatable bonds is 4. The predicted molar refractivity (Wildman–Crippen MR) is 120 cm³/mol. The molecule has 2 aromatic rings. The topological polar surface area (TPSA) is 61.9 Å². The zero-order valence-corrected chi connectivity index (χ0v) is 18.0. The molecule has 2 fully saturated rings. The molecule has 0 unspecified atom stereocenters. The molecular weight excluding hydrogens is 398 g/mol. The van der Waals surface area contributed by atoms with Gasteiger partial charge in [-0.1, -0.05) is 30.3 Å². The zero-order valence-electron chi connectivity index (χ0n) is 17.2. The van der Waals surface area contributed by atoms with Crippen molar-refractivity contribution in [2.24, 2.45) is 0 Å². The number of anilines is 1. The number of piperidine rings is 1. The maximum atomic E-state index is 12.9. The minimum absolute atomic E-state index is 0.0153. The highest BCUT2D eigenvalue weighted by Crippen LogP contribution is 2.44. The van der Waals surface area contributed by atoms with Gasteiger partial charge in [-0.25, -0.2) is 4.79 Å². The highest BCUT2D eigenvalue weighted by Gasteiger charge is 2.46. The van der Waals surface area contributed by atoms with Crippen LogP contribution >= 0.6 is 11.8 Å². The normalized spacial score (nSPS) is 17.8. The number of carbonyl (C=O) groups is 2. The minimum atomic E-state index is -0.225. The zero-order chi connectivity index (χ0) is 21.0. The van der Waals surface area contributed by atoms with E-state index >= 15 is 0 Å². The third-order valence-electron chi connectivity index (χ3n) is 5.69. The summed E-state index contributed by atoms with van der Waals surface area (Å²) in [4.78, 5) is 29.1. The standard InChI is InChI=1S/C23H27N3O3S/c1-18-6-5-7-19(16-18)24-22(28)25-12-10-23(11-13-25)26(14-15-30-23)21(27)17-29-20-8-3-2-4-9-20/h2-9,16H,10-15,17H2,1H3,(H,24,28). The lowest BCUT2D eigenvalue weighted by Gasteiger charge is -2.43. The van der Waals surface area contributed by atoms with Crippen molar-refractivity contribution in [3.8, 4) is 5.75 Å². The molecular formula is C23H27N3O3S. The summed E-state index contributed by atoms with van der Waals surface area (Å²) in [6.07, 6.45) is 1.55. The number of urea groups is 1. The molecule has 0 bridgehead atoms. The van der Waals surface area contributed by atoms with E-state index in [2.05, 4.69) is 5.32 Å². The molecule has 1 spiro atoms. The Bertz CT molecular complexity index is 898. The van der Waals surface area contributed by atoms with E-state index in [1.807, 2.05) is 83.1 Å². The van der Waals surface area contributed by atoms with E-state index < -0.39 is 0 Å². The number of para-hydroxylation sites is 1. The Kier molecular flexibility index (Phi) is 6.18. The van der Waals surface area contributed by atoms with Crippen molar-refractivity contribution in [2.75, 3.05) is 37.3 Å². The number of nitrogens with one attached hydrogen (secondary N) is 1. The van der Waals surface area contributed by atoms with Gasteiger partial charge in [0, 0.05) is 31.1 Å². The van der Waals surface area contributed by atoms with E-state index in [1.54, 1.807) is 0 Å². The van der Waals surface area contributed by atoms with Crippen LogP contribution in [0.2, 0.25) is 0 Å². The molecule has 2 heterocycles. The Hall–Kier alpha value is -2.67. The molecule has 30 heavy (non-hydrogen) atoms. The predicted octanol–water partition coefficient (Wildman–Crippen LogP) is 3.97. The number of thioether (sulfide) groups is 1. The van der Waals surface area contributed by atoms with Crippen molar-refractivity contribution in [2.45, 2.75) is 24.6 Å². The van der Waals surface area contributed by atoms with Gasteiger partial charge in [0.15, 0.2) is 6.61 Å². The summed E-state index contributed by atoms with van der Waals surface area (Å²) in [6, 6.07) is 17.1. The second-order valence-corrected chi connectivity index (χ2v) is 9.19. The van der Waals surface area contributed by atoms with Gasteiger partial charge in [-0.2, -0.15) is 0 Å². The summed E-state index contributed by atoms with van der Waals surface area (Å²) in [5, 5.41) is 2.98. The Balaban J connectivity index is 1.33. The molecule has 2 aliphatic rings. The van der Waals surface area contributed by atoms with Crippen LogP contribution in [-0.4, -0.2) is 58.6 Å². The molecule has 0 aliphatic carbocycles. The Morgan fingerprint density at radius 1 is 1.07 bits per heavy atom. The first-order valence-corrected chi connectivity index (χ1v) is 11.3. The van der Waals surface area contributed by atoms with Crippen LogP contribution in [0, 0.1) is 6.92 Å². The molecule has 3 amide bonds. The minimum Gasteiger partial charge on any atom is -0.484 e. The van der Waals surface area contributed by atoms with Gasteiger partial charge in [0.2, 0.25) is 0 Å². The van der Waals surface area contributed by atoms with Crippen molar-refractivity contribution in [1.82, 2.24) is 9.80 Å². The number of benzene rings is 2. The first kappa shape index (κ1) is 20.6. The highest BCUT2D eigenvalue weighted by atomic mass is 32.2. The summed E-state index contributed by atoms with van der Waals surface area (Å²) in [5.74, 6) is 1.64. The average Bonchev–Trinajstić information content (AvgIpc) is 3.16. The van der Waals surface area contributed by atoms with Crippen LogP contribution < -0.4 is 10.1 Å². The molecule has 0 aromatic heterocycles. The molecule has 0 radical (unpaired) electrons. The van der Waals surface area contributed by atoms with Gasteiger partial charge >= 0.3 is 6.03 Å². The van der Waals surface area contributed by atoms with E-state index in [-0.39, 0.29) is 23.4 Å². The van der Waals surface area contributed by atoms with Crippen LogP contribution in [0.25, 0.3) is 0 Å². The molecule has 7 heteroatoms. The average molecular weight is 426 g/mol. The Morgan fingerprint density at radius 2 is 1.83 bits per heavy atom. The van der Waals surface area contributed by atoms with Crippen LogP contribution in [0.1, 0.15) is 18.4 Å². The smallest absolute Gasteiger partial charge is 0.321 e. The lowest BCUT2D eigenvalue weighted by molar-refractivity contribution is -0.136. The third-order valence-corrected chi connectivity index (χ3v) is 7.24. The van der Waals surface area contributed by atoms with E-state index in [0.29, 0.717) is 18.8 Å². The van der Waals surface area contributed by atoms with Gasteiger partial charge in [0.05, 0.1) is 4.87 Å². The van der Waals surface area contributed by atoms with Crippen LogP contribution in [0.3, 0.4) is 0 Å². The molecule has 0 saturated carbocycles. The largest absolute Gasteiger partial charge is 0.484 e. The maximum Gasteiger partial charge on any atom is 0.321 e. The second-order valence-electron chi connectivity index (χ2n) is 7.73. The van der Waals surface area contributed by atoms with Crippen molar-refractivity contribution in [1.29, 1.82) is 0 Å². The third kappa shape index (κ3) is 4.56. The first-order chi connectivity index (χ1) is 14.6. The number of carbonyl (C=O) groups excluding carboxylic acids is 2. The van der Waals surface area contributed by atoms with Crippen LogP contribution in [0.15, 0.2) is 54.6 Å². The summed E-state index contributed by atoms with van der Waals surface area (Å²) in [6.45, 7) is 4.05. The van der Waals surface area contributed by atoms with Crippen molar-refractivity contribution >= 4 is 29.4 Å². The molecule has 0 atom stereocenters.